The van der Waals surface area contributed by atoms with Gasteiger partial charge in [-0.2, -0.15) is 4.31 Å². The van der Waals surface area contributed by atoms with Gasteiger partial charge in [0.2, 0.25) is 15.9 Å². The topological polar surface area (TPSA) is 66.5 Å². The van der Waals surface area contributed by atoms with Crippen molar-refractivity contribution in [3.05, 3.63) is 55.1 Å². The Balaban J connectivity index is 1.82. The summed E-state index contributed by atoms with van der Waals surface area (Å²) < 4.78 is 27.4. The molecule has 2 aromatic rings. The number of rotatable bonds is 5. The van der Waals surface area contributed by atoms with Gasteiger partial charge in [0, 0.05) is 19.6 Å². The third kappa shape index (κ3) is 3.75. The maximum Gasteiger partial charge on any atom is 0.243 e. The van der Waals surface area contributed by atoms with Gasteiger partial charge in [-0.1, -0.05) is 36.4 Å². The molecule has 1 saturated heterocycles. The van der Waals surface area contributed by atoms with E-state index in [2.05, 4.69) is 11.9 Å². The van der Waals surface area contributed by atoms with Gasteiger partial charge in [-0.25, -0.2) is 8.42 Å². The second-order valence-corrected chi connectivity index (χ2v) is 8.18. The summed E-state index contributed by atoms with van der Waals surface area (Å²) in [5, 5.41) is 4.65. The molecule has 0 saturated carbocycles. The summed E-state index contributed by atoms with van der Waals surface area (Å²) in [6, 6.07) is 12.8. The number of hydrogen-bond donors (Lipinski definition) is 1. The molecule has 1 amide bonds. The second-order valence-electron chi connectivity index (χ2n) is 6.24. The summed E-state index contributed by atoms with van der Waals surface area (Å²) in [5.41, 5.74) is 0. The molecule has 3 rings (SSSR count). The third-order valence-corrected chi connectivity index (χ3v) is 6.40. The summed E-state index contributed by atoms with van der Waals surface area (Å²) in [5.74, 6) is -0.428. The number of carbonyl (C=O) groups is 1. The first-order chi connectivity index (χ1) is 12.0. The third-order valence-electron chi connectivity index (χ3n) is 4.53. The lowest BCUT2D eigenvalue weighted by Crippen LogP contribution is -2.45. The van der Waals surface area contributed by atoms with Gasteiger partial charge >= 0.3 is 0 Å². The summed E-state index contributed by atoms with van der Waals surface area (Å²) in [4.78, 5) is 12.4. The Morgan fingerprint density at radius 2 is 2.00 bits per heavy atom. The van der Waals surface area contributed by atoms with Crippen LogP contribution in [0.4, 0.5) is 0 Å². The van der Waals surface area contributed by atoms with E-state index < -0.39 is 10.0 Å². The molecule has 0 radical (unpaired) electrons. The summed E-state index contributed by atoms with van der Waals surface area (Å²) >= 11 is 0. The molecule has 25 heavy (non-hydrogen) atoms. The molecule has 1 aliphatic rings. The second kappa shape index (κ2) is 7.37. The number of nitrogens with one attached hydrogen (secondary N) is 1. The van der Waals surface area contributed by atoms with Gasteiger partial charge in [-0.3, -0.25) is 4.79 Å². The van der Waals surface area contributed by atoms with Crippen molar-refractivity contribution < 1.29 is 13.2 Å². The number of nitrogens with zero attached hydrogens (tertiary/aromatic N) is 1. The highest BCUT2D eigenvalue weighted by Crippen LogP contribution is 2.26. The van der Waals surface area contributed by atoms with Crippen molar-refractivity contribution in [2.24, 2.45) is 5.92 Å². The molecule has 1 heterocycles. The molecule has 1 N–H and O–H groups in total. The Hall–Kier alpha value is -2.18. The first-order valence-electron chi connectivity index (χ1n) is 8.40. The van der Waals surface area contributed by atoms with Crippen LogP contribution in [-0.2, 0) is 14.8 Å². The number of sulfonamides is 1. The van der Waals surface area contributed by atoms with E-state index in [1.807, 2.05) is 30.3 Å². The molecule has 5 nitrogen and oxygen atoms in total. The van der Waals surface area contributed by atoms with Crippen LogP contribution in [-0.4, -0.2) is 38.3 Å². The van der Waals surface area contributed by atoms with Gasteiger partial charge in [0.1, 0.15) is 0 Å². The van der Waals surface area contributed by atoms with Gasteiger partial charge in [-0.15, -0.1) is 6.58 Å². The quantitative estimate of drug-likeness (QED) is 0.836. The monoisotopic (exact) mass is 358 g/mol. The van der Waals surface area contributed by atoms with E-state index in [9.17, 15) is 13.2 Å². The predicted molar refractivity (Wildman–Crippen MR) is 98.6 cm³/mol. The number of hydrogen-bond acceptors (Lipinski definition) is 3. The van der Waals surface area contributed by atoms with Gasteiger partial charge in [0.25, 0.3) is 0 Å². The molecule has 0 spiro atoms. The lowest BCUT2D eigenvalue weighted by Gasteiger charge is -2.31. The van der Waals surface area contributed by atoms with Crippen LogP contribution >= 0.6 is 0 Å². The lowest BCUT2D eigenvalue weighted by atomic mass is 9.99. The fourth-order valence-corrected chi connectivity index (χ4v) is 4.73. The summed E-state index contributed by atoms with van der Waals surface area (Å²) in [6.07, 6.45) is 3.00. The Labute approximate surface area is 148 Å². The Morgan fingerprint density at radius 3 is 2.76 bits per heavy atom. The Kier molecular flexibility index (Phi) is 5.20. The van der Waals surface area contributed by atoms with E-state index in [-0.39, 0.29) is 23.3 Å². The van der Waals surface area contributed by atoms with Crippen LogP contribution in [0, 0.1) is 5.92 Å². The highest BCUT2D eigenvalue weighted by Gasteiger charge is 2.33. The number of piperidine rings is 1. The smallest absolute Gasteiger partial charge is 0.243 e. The van der Waals surface area contributed by atoms with Crippen molar-refractivity contribution in [1.82, 2.24) is 9.62 Å². The zero-order chi connectivity index (χ0) is 17.9. The summed E-state index contributed by atoms with van der Waals surface area (Å²) in [6.45, 7) is 4.64. The van der Waals surface area contributed by atoms with E-state index >= 15 is 0 Å². The first-order valence-corrected chi connectivity index (χ1v) is 9.84. The van der Waals surface area contributed by atoms with Crippen LogP contribution < -0.4 is 5.32 Å². The largest absolute Gasteiger partial charge is 0.352 e. The van der Waals surface area contributed by atoms with Crippen LogP contribution in [0.1, 0.15) is 12.8 Å². The molecule has 1 atom stereocenters. The molecule has 0 aliphatic carbocycles. The molecule has 2 aromatic carbocycles. The van der Waals surface area contributed by atoms with Gasteiger partial charge < -0.3 is 5.32 Å². The maximum absolute atomic E-state index is 13.0. The Bertz CT molecular complexity index is 892. The van der Waals surface area contributed by atoms with Gasteiger partial charge in [0.15, 0.2) is 0 Å². The minimum atomic E-state index is -3.61. The normalized spacial score (nSPS) is 18.8. The van der Waals surface area contributed by atoms with E-state index in [0.717, 1.165) is 10.8 Å². The SMILES string of the molecule is C=CCNC(=O)C1CCCN(S(=O)(=O)c2ccc3ccccc3c2)C1. The maximum atomic E-state index is 13.0. The lowest BCUT2D eigenvalue weighted by molar-refractivity contribution is -0.125. The van der Waals surface area contributed by atoms with Crippen LogP contribution in [0.15, 0.2) is 60.0 Å². The molecule has 1 unspecified atom stereocenters. The van der Waals surface area contributed by atoms with Gasteiger partial charge in [-0.05, 0) is 35.7 Å². The van der Waals surface area contributed by atoms with Crippen molar-refractivity contribution in [1.29, 1.82) is 0 Å². The van der Waals surface area contributed by atoms with Crippen LogP contribution in [0.2, 0.25) is 0 Å². The van der Waals surface area contributed by atoms with Crippen molar-refractivity contribution in [2.75, 3.05) is 19.6 Å². The fraction of sp³-hybridized carbons (Fsp3) is 0.316. The van der Waals surface area contributed by atoms with E-state index in [4.69, 9.17) is 0 Å². The number of amides is 1. The van der Waals surface area contributed by atoms with Crippen molar-refractivity contribution in [3.8, 4) is 0 Å². The first kappa shape index (κ1) is 17.6. The number of carbonyl (C=O) groups excluding carboxylic acids is 1. The van der Waals surface area contributed by atoms with Crippen molar-refractivity contribution in [2.45, 2.75) is 17.7 Å². The summed E-state index contributed by atoms with van der Waals surface area (Å²) in [7, 11) is -3.61. The van der Waals surface area contributed by atoms with Crippen LogP contribution in [0.3, 0.4) is 0 Å². The molecule has 1 aliphatic heterocycles. The minimum Gasteiger partial charge on any atom is -0.352 e. The Morgan fingerprint density at radius 1 is 1.24 bits per heavy atom. The minimum absolute atomic E-state index is 0.113. The molecule has 1 fully saturated rings. The van der Waals surface area contributed by atoms with Crippen molar-refractivity contribution in [3.63, 3.8) is 0 Å². The van der Waals surface area contributed by atoms with E-state index in [1.165, 1.54) is 4.31 Å². The zero-order valence-corrected chi connectivity index (χ0v) is 14.8. The van der Waals surface area contributed by atoms with Crippen LogP contribution in [0.5, 0.6) is 0 Å². The molecular weight excluding hydrogens is 336 g/mol. The standard InChI is InChI=1S/C19H22N2O3S/c1-2-11-20-19(22)17-8-5-12-21(14-17)25(23,24)18-10-9-15-6-3-4-7-16(15)13-18/h2-4,6-7,9-10,13,17H,1,5,8,11-12,14H2,(H,20,22). The number of fused-ring (bicyclic) bond motifs is 1. The molecule has 132 valence electrons. The molecule has 0 bridgehead atoms. The van der Waals surface area contributed by atoms with Gasteiger partial charge in [0.05, 0.1) is 10.8 Å². The molecule has 0 aromatic heterocycles. The van der Waals surface area contributed by atoms with E-state index in [0.29, 0.717) is 25.9 Å². The molecule has 6 heteroatoms. The average Bonchev–Trinajstić information content (AvgIpc) is 2.65. The average molecular weight is 358 g/mol. The highest BCUT2D eigenvalue weighted by atomic mass is 32.2. The highest BCUT2D eigenvalue weighted by molar-refractivity contribution is 7.89. The predicted octanol–water partition coefficient (Wildman–Crippen LogP) is 2.54. The van der Waals surface area contributed by atoms with E-state index in [1.54, 1.807) is 18.2 Å². The zero-order valence-electron chi connectivity index (χ0n) is 14.0. The molecular formula is C19H22N2O3S. The van der Waals surface area contributed by atoms with Crippen LogP contribution in [0.25, 0.3) is 10.8 Å². The van der Waals surface area contributed by atoms with Crippen molar-refractivity contribution >= 4 is 26.7 Å². The number of benzene rings is 2. The fourth-order valence-electron chi connectivity index (χ4n) is 3.17.